The minimum atomic E-state index is -0.147. The number of fused-ring (bicyclic) bond motifs is 5. The number of para-hydroxylation sites is 2. The lowest BCUT2D eigenvalue weighted by Gasteiger charge is -2.19. The van der Waals surface area contributed by atoms with E-state index >= 15 is 0 Å². The first-order valence-corrected chi connectivity index (χ1v) is 11.4. The first kappa shape index (κ1) is 19.5. The molecule has 2 aliphatic heterocycles. The van der Waals surface area contributed by atoms with E-state index < -0.39 is 0 Å². The minimum absolute atomic E-state index is 0.0232. The van der Waals surface area contributed by atoms with Crippen LogP contribution < -0.4 is 15.0 Å². The van der Waals surface area contributed by atoms with Crippen LogP contribution in [0.5, 0.6) is 11.5 Å². The van der Waals surface area contributed by atoms with Gasteiger partial charge in [0.15, 0.2) is 22.8 Å². The van der Waals surface area contributed by atoms with E-state index in [9.17, 15) is 4.79 Å². The molecule has 9 heteroatoms. The fraction of sp³-hybridized carbons (Fsp3) is 0.280. The van der Waals surface area contributed by atoms with Crippen molar-refractivity contribution in [1.82, 2.24) is 24.1 Å². The SMILES string of the molecule is O=c1c2c3nc4ccccc4nc3n(-c3ccc4c(c3)OCCO4)c2ncn1C[C@@H]1CCCO1. The van der Waals surface area contributed by atoms with Gasteiger partial charge in [0.05, 0.1) is 29.4 Å². The third-order valence-electron chi connectivity index (χ3n) is 6.44. The number of hydrogen-bond donors (Lipinski definition) is 0. The molecule has 5 aromatic rings. The molecule has 0 saturated carbocycles. The van der Waals surface area contributed by atoms with Crippen LogP contribution in [0, 0.1) is 0 Å². The maximum absolute atomic E-state index is 13.7. The molecule has 0 bridgehead atoms. The van der Waals surface area contributed by atoms with Crippen LogP contribution in [0.3, 0.4) is 0 Å². The van der Waals surface area contributed by atoms with E-state index in [0.717, 1.165) is 36.2 Å². The maximum Gasteiger partial charge on any atom is 0.265 e. The summed E-state index contributed by atoms with van der Waals surface area (Å²) in [6.07, 6.45) is 3.57. The van der Waals surface area contributed by atoms with Crippen LogP contribution in [-0.4, -0.2) is 50.0 Å². The second-order valence-electron chi connectivity index (χ2n) is 8.58. The van der Waals surface area contributed by atoms with Crippen molar-refractivity contribution in [3.05, 3.63) is 59.1 Å². The summed E-state index contributed by atoms with van der Waals surface area (Å²) >= 11 is 0. The predicted molar refractivity (Wildman–Crippen MR) is 126 cm³/mol. The van der Waals surface area contributed by atoms with Crippen molar-refractivity contribution in [2.75, 3.05) is 19.8 Å². The number of rotatable bonds is 3. The Labute approximate surface area is 193 Å². The molecule has 0 amide bonds. The van der Waals surface area contributed by atoms with Gasteiger partial charge in [0.25, 0.3) is 5.56 Å². The molecule has 1 atom stereocenters. The van der Waals surface area contributed by atoms with Crippen molar-refractivity contribution in [3.8, 4) is 17.2 Å². The fourth-order valence-electron chi connectivity index (χ4n) is 4.83. The maximum atomic E-state index is 13.7. The highest BCUT2D eigenvalue weighted by atomic mass is 16.6. The summed E-state index contributed by atoms with van der Waals surface area (Å²) in [5.74, 6) is 1.35. The van der Waals surface area contributed by atoms with Crippen molar-refractivity contribution in [2.24, 2.45) is 0 Å². The summed E-state index contributed by atoms with van der Waals surface area (Å²) < 4.78 is 20.7. The summed E-state index contributed by atoms with van der Waals surface area (Å²) in [6.45, 7) is 2.21. The number of nitrogens with zero attached hydrogens (tertiary/aromatic N) is 5. The predicted octanol–water partition coefficient (Wildman–Crippen LogP) is 3.23. The van der Waals surface area contributed by atoms with Crippen molar-refractivity contribution < 1.29 is 14.2 Å². The van der Waals surface area contributed by atoms with Crippen LogP contribution >= 0.6 is 0 Å². The largest absolute Gasteiger partial charge is 0.486 e. The van der Waals surface area contributed by atoms with E-state index in [1.165, 1.54) is 0 Å². The highest BCUT2D eigenvalue weighted by Crippen LogP contribution is 2.35. The fourth-order valence-corrected chi connectivity index (χ4v) is 4.83. The van der Waals surface area contributed by atoms with Crippen LogP contribution in [0.2, 0.25) is 0 Å². The molecule has 2 aliphatic rings. The second kappa shape index (κ2) is 7.53. The number of ether oxygens (including phenoxy) is 3. The van der Waals surface area contributed by atoms with Gasteiger partial charge >= 0.3 is 0 Å². The van der Waals surface area contributed by atoms with Crippen molar-refractivity contribution >= 4 is 33.2 Å². The summed E-state index contributed by atoms with van der Waals surface area (Å²) in [5.41, 5.74) is 3.72. The van der Waals surface area contributed by atoms with Crippen LogP contribution in [0.4, 0.5) is 0 Å². The van der Waals surface area contributed by atoms with E-state index in [1.807, 2.05) is 47.0 Å². The number of benzene rings is 2. The lowest BCUT2D eigenvalue weighted by atomic mass is 10.2. The van der Waals surface area contributed by atoms with Gasteiger partial charge in [-0.05, 0) is 37.1 Å². The van der Waals surface area contributed by atoms with Crippen molar-refractivity contribution in [1.29, 1.82) is 0 Å². The Kier molecular flexibility index (Phi) is 4.31. The van der Waals surface area contributed by atoms with Gasteiger partial charge in [-0.1, -0.05) is 12.1 Å². The Bertz CT molecular complexity index is 1630. The first-order chi connectivity index (χ1) is 16.8. The second-order valence-corrected chi connectivity index (χ2v) is 8.58. The highest BCUT2D eigenvalue weighted by molar-refractivity contribution is 6.05. The molecule has 7 rings (SSSR count). The quantitative estimate of drug-likeness (QED) is 0.412. The Morgan fingerprint density at radius 2 is 1.76 bits per heavy atom. The van der Waals surface area contributed by atoms with Gasteiger partial charge in [-0.25, -0.2) is 15.0 Å². The standard InChI is InChI=1S/C25H21N5O4/c31-25-21-22-24(28-18-6-2-1-5-17(18)27-22)30(15-7-8-19-20(12-15)34-11-10-33-19)23(21)26-14-29(25)13-16-4-3-9-32-16/h1-2,5-8,12,14,16H,3-4,9-11,13H2/t16-/m0/s1. The summed E-state index contributed by atoms with van der Waals surface area (Å²) in [5, 5.41) is 0.448. The first-order valence-electron chi connectivity index (χ1n) is 11.4. The van der Waals surface area contributed by atoms with Crippen molar-refractivity contribution in [2.45, 2.75) is 25.5 Å². The molecule has 0 aliphatic carbocycles. The monoisotopic (exact) mass is 455 g/mol. The minimum Gasteiger partial charge on any atom is -0.486 e. The zero-order valence-corrected chi connectivity index (χ0v) is 18.3. The molecule has 2 aromatic carbocycles. The van der Waals surface area contributed by atoms with Gasteiger partial charge in [0, 0.05) is 12.7 Å². The molecule has 0 spiro atoms. The Hall–Kier alpha value is -3.98. The summed E-state index contributed by atoms with van der Waals surface area (Å²) in [4.78, 5) is 28.1. The van der Waals surface area contributed by atoms with E-state index in [-0.39, 0.29) is 11.7 Å². The zero-order chi connectivity index (χ0) is 22.6. The van der Waals surface area contributed by atoms with E-state index in [4.69, 9.17) is 29.2 Å². The normalized spacial score (nSPS) is 17.7. The average Bonchev–Trinajstić information content (AvgIpc) is 3.50. The van der Waals surface area contributed by atoms with E-state index in [2.05, 4.69) is 0 Å². The van der Waals surface area contributed by atoms with Gasteiger partial charge in [-0.15, -0.1) is 0 Å². The number of hydrogen-bond acceptors (Lipinski definition) is 7. The van der Waals surface area contributed by atoms with E-state index in [0.29, 0.717) is 53.5 Å². The Balaban J connectivity index is 1.52. The van der Waals surface area contributed by atoms with Gasteiger partial charge in [-0.3, -0.25) is 13.9 Å². The topological polar surface area (TPSA) is 93.3 Å². The van der Waals surface area contributed by atoms with Crippen LogP contribution in [0.1, 0.15) is 12.8 Å². The summed E-state index contributed by atoms with van der Waals surface area (Å²) in [7, 11) is 0. The smallest absolute Gasteiger partial charge is 0.265 e. The molecule has 5 heterocycles. The van der Waals surface area contributed by atoms with Gasteiger partial charge < -0.3 is 14.2 Å². The molecule has 34 heavy (non-hydrogen) atoms. The zero-order valence-electron chi connectivity index (χ0n) is 18.3. The van der Waals surface area contributed by atoms with E-state index in [1.54, 1.807) is 10.9 Å². The molecule has 0 unspecified atom stereocenters. The Morgan fingerprint density at radius 3 is 2.59 bits per heavy atom. The van der Waals surface area contributed by atoms with Gasteiger partial charge in [0.1, 0.15) is 30.4 Å². The highest BCUT2D eigenvalue weighted by Gasteiger charge is 2.24. The number of aromatic nitrogens is 5. The van der Waals surface area contributed by atoms with Crippen molar-refractivity contribution in [3.63, 3.8) is 0 Å². The summed E-state index contributed by atoms with van der Waals surface area (Å²) in [6, 6.07) is 13.3. The molecule has 3 aromatic heterocycles. The van der Waals surface area contributed by atoms with Gasteiger partial charge in [0.2, 0.25) is 0 Å². The van der Waals surface area contributed by atoms with Crippen LogP contribution in [0.25, 0.3) is 38.9 Å². The Morgan fingerprint density at radius 1 is 0.941 bits per heavy atom. The molecule has 170 valence electrons. The molecule has 0 N–H and O–H groups in total. The molecular formula is C25H21N5O4. The third kappa shape index (κ3) is 2.97. The van der Waals surface area contributed by atoms with Gasteiger partial charge in [-0.2, -0.15) is 0 Å². The lowest BCUT2D eigenvalue weighted by molar-refractivity contribution is 0.0960. The van der Waals surface area contributed by atoms with Crippen LogP contribution in [0.15, 0.2) is 53.6 Å². The average molecular weight is 455 g/mol. The molecule has 1 fully saturated rings. The molecule has 9 nitrogen and oxygen atoms in total. The molecule has 1 saturated heterocycles. The lowest BCUT2D eigenvalue weighted by Crippen LogP contribution is -2.26. The van der Waals surface area contributed by atoms with Crippen LogP contribution in [-0.2, 0) is 11.3 Å². The molecular weight excluding hydrogens is 434 g/mol. The third-order valence-corrected chi connectivity index (χ3v) is 6.44. The molecule has 0 radical (unpaired) electrons.